The van der Waals surface area contributed by atoms with Crippen LogP contribution in [0.5, 0.6) is 0 Å². The summed E-state index contributed by atoms with van der Waals surface area (Å²) in [5.41, 5.74) is 1.34. The molecule has 2 rings (SSSR count). The number of carbonyl (C=O) groups excluding carboxylic acids is 1. The Morgan fingerprint density at radius 3 is 2.59 bits per heavy atom. The minimum Gasteiger partial charge on any atom is -0.481 e. The van der Waals surface area contributed by atoms with Gasteiger partial charge in [0.25, 0.3) is 0 Å². The average molecular weight is 306 g/mol. The van der Waals surface area contributed by atoms with Crippen LogP contribution in [-0.2, 0) is 16.1 Å². The number of aliphatic carboxylic acids is 1. The third-order valence-corrected chi connectivity index (χ3v) is 3.61. The van der Waals surface area contributed by atoms with Crippen LogP contribution in [0.2, 0.25) is 0 Å². The van der Waals surface area contributed by atoms with Crippen molar-refractivity contribution in [1.29, 1.82) is 0 Å². The van der Waals surface area contributed by atoms with Gasteiger partial charge in [-0.2, -0.15) is 0 Å². The molecule has 0 aliphatic carbocycles. The normalized spacial score (nSPS) is 17.7. The Morgan fingerprint density at radius 1 is 1.36 bits per heavy atom. The molecule has 0 spiro atoms. The first-order chi connectivity index (χ1) is 10.3. The summed E-state index contributed by atoms with van der Waals surface area (Å²) >= 11 is 0. The fourth-order valence-corrected chi connectivity index (χ4v) is 2.44. The Morgan fingerprint density at radius 2 is 2.05 bits per heavy atom. The molecule has 1 aliphatic rings. The number of benzene rings is 1. The molecule has 0 bridgehead atoms. The minimum atomic E-state index is -1.09. The van der Waals surface area contributed by atoms with Gasteiger partial charge in [-0.05, 0) is 31.5 Å². The number of hydrogen-bond acceptors (Lipinski definition) is 4. The van der Waals surface area contributed by atoms with Gasteiger partial charge in [-0.1, -0.05) is 6.07 Å². The maximum absolute atomic E-state index is 12.5. The Kier molecular flexibility index (Phi) is 4.35. The van der Waals surface area contributed by atoms with E-state index in [0.717, 1.165) is 5.56 Å². The number of fused-ring (bicyclic) bond motifs is 1. The number of rotatable bonds is 4. The lowest BCUT2D eigenvalue weighted by atomic mass is 10.1. The van der Waals surface area contributed by atoms with Gasteiger partial charge in [-0.3, -0.25) is 9.59 Å². The van der Waals surface area contributed by atoms with Crippen LogP contribution in [0.3, 0.4) is 0 Å². The standard InChI is InChI=1S/C15H18N2O5/c1-8(2)17-7-10-4-3-9(15(21)22)5-11(10)16-12(14(17)20)6-13(18)19/h3-5,8,12,16H,6-7H2,1-2H3,(H,18,19)(H,21,22). The molecule has 1 heterocycles. The summed E-state index contributed by atoms with van der Waals surface area (Å²) < 4.78 is 0. The van der Waals surface area contributed by atoms with Gasteiger partial charge in [0.05, 0.1) is 12.0 Å². The molecule has 0 saturated carbocycles. The molecule has 7 nitrogen and oxygen atoms in total. The molecule has 118 valence electrons. The molecule has 0 radical (unpaired) electrons. The summed E-state index contributed by atoms with van der Waals surface area (Å²) in [5, 5.41) is 20.9. The van der Waals surface area contributed by atoms with E-state index in [-0.39, 0.29) is 23.9 Å². The lowest BCUT2D eigenvalue weighted by molar-refractivity contribution is -0.142. The highest BCUT2D eigenvalue weighted by Gasteiger charge is 2.32. The number of aromatic carboxylic acids is 1. The van der Waals surface area contributed by atoms with E-state index in [2.05, 4.69) is 5.32 Å². The van der Waals surface area contributed by atoms with Gasteiger partial charge < -0.3 is 20.4 Å². The molecule has 1 aliphatic heterocycles. The van der Waals surface area contributed by atoms with Crippen molar-refractivity contribution in [3.8, 4) is 0 Å². The van der Waals surface area contributed by atoms with Gasteiger partial charge >= 0.3 is 11.9 Å². The summed E-state index contributed by atoms with van der Waals surface area (Å²) in [6, 6.07) is 3.56. The van der Waals surface area contributed by atoms with E-state index in [4.69, 9.17) is 10.2 Å². The topological polar surface area (TPSA) is 107 Å². The summed E-state index contributed by atoms with van der Waals surface area (Å²) in [4.78, 5) is 36.1. The highest BCUT2D eigenvalue weighted by Crippen LogP contribution is 2.26. The van der Waals surface area contributed by atoms with E-state index < -0.39 is 18.0 Å². The lowest BCUT2D eigenvalue weighted by Gasteiger charge is -2.27. The summed E-state index contributed by atoms with van der Waals surface area (Å²) in [5.74, 6) is -2.46. The number of carboxylic acid groups (broad SMARTS) is 2. The molecule has 1 atom stereocenters. The Balaban J connectivity index is 2.45. The number of carbonyl (C=O) groups is 3. The zero-order chi connectivity index (χ0) is 16.4. The van der Waals surface area contributed by atoms with E-state index >= 15 is 0 Å². The number of amides is 1. The maximum Gasteiger partial charge on any atom is 0.335 e. The van der Waals surface area contributed by atoms with Gasteiger partial charge in [0.15, 0.2) is 0 Å². The van der Waals surface area contributed by atoms with Crippen molar-refractivity contribution in [3.63, 3.8) is 0 Å². The molecule has 1 unspecified atom stereocenters. The predicted octanol–water partition coefficient (Wildman–Crippen LogP) is 1.39. The smallest absolute Gasteiger partial charge is 0.335 e. The van der Waals surface area contributed by atoms with Crippen molar-refractivity contribution >= 4 is 23.5 Å². The SMILES string of the molecule is CC(C)N1Cc2ccc(C(=O)O)cc2NC(CC(=O)O)C1=O. The number of nitrogens with zero attached hydrogens (tertiary/aromatic N) is 1. The van der Waals surface area contributed by atoms with E-state index in [9.17, 15) is 14.4 Å². The Bertz CT molecular complexity index is 626. The molecular weight excluding hydrogens is 288 g/mol. The highest BCUT2D eigenvalue weighted by atomic mass is 16.4. The van der Waals surface area contributed by atoms with E-state index in [0.29, 0.717) is 12.2 Å². The van der Waals surface area contributed by atoms with Gasteiger partial charge in [0.1, 0.15) is 6.04 Å². The zero-order valence-corrected chi connectivity index (χ0v) is 12.4. The second-order valence-electron chi connectivity index (χ2n) is 5.53. The van der Waals surface area contributed by atoms with Crippen LogP contribution in [-0.4, -0.2) is 45.0 Å². The van der Waals surface area contributed by atoms with E-state index in [1.165, 1.54) is 12.1 Å². The van der Waals surface area contributed by atoms with Crippen LogP contribution < -0.4 is 5.32 Å². The molecule has 3 N–H and O–H groups in total. The first kappa shape index (κ1) is 15.8. The molecular formula is C15H18N2O5. The first-order valence-corrected chi connectivity index (χ1v) is 6.94. The molecule has 0 fully saturated rings. The highest BCUT2D eigenvalue weighted by molar-refractivity contribution is 5.92. The fraction of sp³-hybridized carbons (Fsp3) is 0.400. The van der Waals surface area contributed by atoms with Gasteiger partial charge in [-0.25, -0.2) is 4.79 Å². The largest absolute Gasteiger partial charge is 0.481 e. The molecule has 1 aromatic carbocycles. The molecule has 1 amide bonds. The van der Waals surface area contributed by atoms with Crippen LogP contribution >= 0.6 is 0 Å². The van der Waals surface area contributed by atoms with E-state index in [1.807, 2.05) is 13.8 Å². The van der Waals surface area contributed by atoms with Crippen molar-refractivity contribution in [2.75, 3.05) is 5.32 Å². The molecule has 22 heavy (non-hydrogen) atoms. The van der Waals surface area contributed by atoms with Crippen LogP contribution in [0.15, 0.2) is 18.2 Å². The van der Waals surface area contributed by atoms with Gasteiger partial charge in [0, 0.05) is 18.3 Å². The fourth-order valence-electron chi connectivity index (χ4n) is 2.44. The second kappa shape index (κ2) is 6.05. The van der Waals surface area contributed by atoms with E-state index in [1.54, 1.807) is 11.0 Å². The van der Waals surface area contributed by atoms with Crippen molar-refractivity contribution < 1.29 is 24.6 Å². The van der Waals surface area contributed by atoms with Gasteiger partial charge in [0.2, 0.25) is 5.91 Å². The number of carboxylic acids is 2. The summed E-state index contributed by atoms with van der Waals surface area (Å²) in [6.07, 6.45) is -0.362. The number of hydrogen-bond donors (Lipinski definition) is 3. The third-order valence-electron chi connectivity index (χ3n) is 3.61. The predicted molar refractivity (Wildman–Crippen MR) is 78.8 cm³/mol. The maximum atomic E-state index is 12.5. The second-order valence-corrected chi connectivity index (χ2v) is 5.53. The lowest BCUT2D eigenvalue weighted by Crippen LogP contribution is -2.44. The molecule has 1 aromatic rings. The van der Waals surface area contributed by atoms with Crippen molar-refractivity contribution in [1.82, 2.24) is 4.90 Å². The average Bonchev–Trinajstić information content (AvgIpc) is 2.55. The van der Waals surface area contributed by atoms with Gasteiger partial charge in [-0.15, -0.1) is 0 Å². The quantitative estimate of drug-likeness (QED) is 0.776. The van der Waals surface area contributed by atoms with Crippen LogP contribution in [0.1, 0.15) is 36.2 Å². The van der Waals surface area contributed by atoms with Crippen molar-refractivity contribution in [2.45, 2.75) is 38.9 Å². The Hall–Kier alpha value is -2.57. The number of nitrogens with one attached hydrogen (secondary N) is 1. The number of anilines is 1. The molecule has 7 heteroatoms. The molecule has 0 saturated heterocycles. The molecule has 0 aromatic heterocycles. The van der Waals surface area contributed by atoms with Crippen LogP contribution in [0.25, 0.3) is 0 Å². The first-order valence-electron chi connectivity index (χ1n) is 6.94. The van der Waals surface area contributed by atoms with Crippen LogP contribution in [0, 0.1) is 0 Å². The monoisotopic (exact) mass is 306 g/mol. The zero-order valence-electron chi connectivity index (χ0n) is 12.4. The third kappa shape index (κ3) is 3.19. The Labute approximate surface area is 127 Å². The van der Waals surface area contributed by atoms with Crippen molar-refractivity contribution in [3.05, 3.63) is 29.3 Å². The minimum absolute atomic E-state index is 0.0873. The summed E-state index contributed by atoms with van der Waals surface area (Å²) in [6.45, 7) is 4.02. The van der Waals surface area contributed by atoms with Crippen molar-refractivity contribution in [2.24, 2.45) is 0 Å². The van der Waals surface area contributed by atoms with Crippen LogP contribution in [0.4, 0.5) is 5.69 Å². The summed E-state index contributed by atoms with van der Waals surface area (Å²) in [7, 11) is 0.